The monoisotopic (exact) mass is 474 g/mol. The molecule has 0 bridgehead atoms. The van der Waals surface area contributed by atoms with Gasteiger partial charge in [-0.1, -0.05) is 48.3 Å². The second-order valence-corrected chi connectivity index (χ2v) is 9.80. The van der Waals surface area contributed by atoms with Crippen LogP contribution in [0.3, 0.4) is 0 Å². The number of benzene rings is 2. The Morgan fingerprint density at radius 3 is 2.56 bits per heavy atom. The Kier molecular flexibility index (Phi) is 6.42. The standard InChI is InChI=1S/C25H28Cl2N2O3/c1-3-25-11-10-19(18-9-8-17(12-20(18)27)32-13-21(28)30)22(15-4-6-16(26)7-5-15)23(25)14(2)29-24(25)31/h4-9,12,14,19,22-23H,3,10-11,13H2,1-2H3,(H2,28,30)(H,29,31)/t14-,19+,22+,23+,25-/m1/s1. The highest BCUT2D eigenvalue weighted by Gasteiger charge is 2.59. The van der Waals surface area contributed by atoms with E-state index in [0.29, 0.717) is 15.8 Å². The van der Waals surface area contributed by atoms with Crippen molar-refractivity contribution in [2.45, 2.75) is 51.0 Å². The summed E-state index contributed by atoms with van der Waals surface area (Å²) in [4.78, 5) is 24.1. The lowest BCUT2D eigenvalue weighted by Gasteiger charge is -2.47. The lowest BCUT2D eigenvalue weighted by atomic mass is 9.54. The maximum atomic E-state index is 13.1. The predicted molar refractivity (Wildman–Crippen MR) is 126 cm³/mol. The van der Waals surface area contributed by atoms with Gasteiger partial charge in [0.2, 0.25) is 5.91 Å². The lowest BCUT2D eigenvalue weighted by molar-refractivity contribution is -0.131. The number of halogens is 2. The maximum Gasteiger partial charge on any atom is 0.255 e. The number of amides is 2. The zero-order chi connectivity index (χ0) is 23.0. The normalized spacial score (nSPS) is 29.3. The van der Waals surface area contributed by atoms with Crippen LogP contribution < -0.4 is 15.8 Å². The summed E-state index contributed by atoms with van der Waals surface area (Å²) >= 11 is 12.9. The van der Waals surface area contributed by atoms with E-state index >= 15 is 0 Å². The van der Waals surface area contributed by atoms with Gasteiger partial charge in [0.05, 0.1) is 5.41 Å². The number of carbonyl (C=O) groups is 2. The van der Waals surface area contributed by atoms with Crippen LogP contribution in [0.25, 0.3) is 0 Å². The molecule has 2 aromatic carbocycles. The first-order valence-electron chi connectivity index (χ1n) is 11.0. The summed E-state index contributed by atoms with van der Waals surface area (Å²) in [7, 11) is 0. The molecular formula is C25H28Cl2N2O3. The van der Waals surface area contributed by atoms with Crippen molar-refractivity contribution >= 4 is 35.0 Å². The number of carbonyl (C=O) groups excluding carboxylic acids is 2. The summed E-state index contributed by atoms with van der Waals surface area (Å²) in [6.45, 7) is 4.02. The Morgan fingerprint density at radius 2 is 1.94 bits per heavy atom. The van der Waals surface area contributed by atoms with Crippen LogP contribution in [0.1, 0.15) is 56.1 Å². The molecule has 4 rings (SSSR count). The minimum absolute atomic E-state index is 0.0582. The molecule has 0 aromatic heterocycles. The topological polar surface area (TPSA) is 81.4 Å². The van der Waals surface area contributed by atoms with Crippen molar-refractivity contribution in [2.24, 2.45) is 17.1 Å². The molecule has 1 aliphatic carbocycles. The number of hydrogen-bond donors (Lipinski definition) is 2. The Bertz CT molecular complexity index is 1030. The van der Waals surface area contributed by atoms with Crippen molar-refractivity contribution in [3.05, 3.63) is 63.6 Å². The molecule has 2 amide bonds. The van der Waals surface area contributed by atoms with E-state index in [1.807, 2.05) is 24.3 Å². The largest absolute Gasteiger partial charge is 0.484 e. The van der Waals surface area contributed by atoms with E-state index in [-0.39, 0.29) is 41.7 Å². The molecule has 1 saturated heterocycles. The summed E-state index contributed by atoms with van der Waals surface area (Å²) in [5.74, 6) is 0.505. The summed E-state index contributed by atoms with van der Waals surface area (Å²) in [5, 5.41) is 4.50. The molecule has 2 fully saturated rings. The average Bonchev–Trinajstić information content (AvgIpc) is 3.03. The SMILES string of the molecule is CC[C@@]12CC[C@@H](c3ccc(OCC(N)=O)cc3Cl)[C@H](c3ccc(Cl)cc3)[C@@H]1[C@@H](C)NC2=O. The van der Waals surface area contributed by atoms with Crippen LogP contribution >= 0.6 is 23.2 Å². The van der Waals surface area contributed by atoms with Crippen LogP contribution in [0, 0.1) is 11.3 Å². The van der Waals surface area contributed by atoms with Crippen LogP contribution in [0.2, 0.25) is 10.0 Å². The quantitative estimate of drug-likeness (QED) is 0.614. The van der Waals surface area contributed by atoms with E-state index in [9.17, 15) is 9.59 Å². The number of rotatable bonds is 6. The Balaban J connectivity index is 1.77. The second kappa shape index (κ2) is 8.95. The highest BCUT2D eigenvalue weighted by molar-refractivity contribution is 6.31. The van der Waals surface area contributed by atoms with Crippen molar-refractivity contribution in [2.75, 3.05) is 6.61 Å². The van der Waals surface area contributed by atoms with Gasteiger partial charge in [0, 0.05) is 22.0 Å². The first kappa shape index (κ1) is 22.9. The molecule has 1 aliphatic heterocycles. The molecule has 2 aliphatic rings. The molecular weight excluding hydrogens is 447 g/mol. The van der Waals surface area contributed by atoms with E-state index in [4.69, 9.17) is 33.7 Å². The summed E-state index contributed by atoms with van der Waals surface area (Å²) in [6.07, 6.45) is 2.46. The van der Waals surface area contributed by atoms with Crippen molar-refractivity contribution in [3.8, 4) is 5.75 Å². The maximum absolute atomic E-state index is 13.1. The molecule has 0 spiro atoms. The highest BCUT2D eigenvalue weighted by Crippen LogP contribution is 2.60. The number of nitrogens with two attached hydrogens (primary N) is 1. The van der Waals surface area contributed by atoms with E-state index in [0.717, 1.165) is 30.4 Å². The van der Waals surface area contributed by atoms with Crippen molar-refractivity contribution in [1.29, 1.82) is 0 Å². The lowest BCUT2D eigenvalue weighted by Crippen LogP contribution is -2.43. The third-order valence-electron chi connectivity index (χ3n) is 7.35. The van der Waals surface area contributed by atoms with Gasteiger partial charge in [0.1, 0.15) is 5.75 Å². The van der Waals surface area contributed by atoms with Crippen LogP contribution in [0.5, 0.6) is 5.75 Å². The van der Waals surface area contributed by atoms with E-state index in [1.165, 1.54) is 0 Å². The summed E-state index contributed by atoms with van der Waals surface area (Å²) < 4.78 is 5.42. The molecule has 170 valence electrons. The van der Waals surface area contributed by atoms with Crippen LogP contribution in [-0.4, -0.2) is 24.5 Å². The number of primary amides is 1. The molecule has 0 radical (unpaired) electrons. The molecule has 1 heterocycles. The van der Waals surface area contributed by atoms with Gasteiger partial charge in [-0.3, -0.25) is 9.59 Å². The fraction of sp³-hybridized carbons (Fsp3) is 0.440. The summed E-state index contributed by atoms with van der Waals surface area (Å²) in [6, 6.07) is 13.6. The molecule has 7 heteroatoms. The molecule has 2 aromatic rings. The summed E-state index contributed by atoms with van der Waals surface area (Å²) in [5.41, 5.74) is 6.99. The number of fused-ring (bicyclic) bond motifs is 1. The number of ether oxygens (including phenoxy) is 1. The van der Waals surface area contributed by atoms with Gasteiger partial charge in [-0.25, -0.2) is 0 Å². The van der Waals surface area contributed by atoms with Crippen LogP contribution in [0.4, 0.5) is 0 Å². The number of hydrogen-bond acceptors (Lipinski definition) is 3. The molecule has 5 atom stereocenters. The molecule has 0 unspecified atom stereocenters. The zero-order valence-corrected chi connectivity index (χ0v) is 19.7. The van der Waals surface area contributed by atoms with Gasteiger partial charge in [-0.2, -0.15) is 0 Å². The van der Waals surface area contributed by atoms with Crippen LogP contribution in [-0.2, 0) is 9.59 Å². The molecule has 1 saturated carbocycles. The first-order chi connectivity index (χ1) is 15.3. The third-order valence-corrected chi connectivity index (χ3v) is 7.93. The Hall–Kier alpha value is -2.24. The average molecular weight is 475 g/mol. The van der Waals surface area contributed by atoms with Gasteiger partial charge < -0.3 is 15.8 Å². The van der Waals surface area contributed by atoms with Crippen LogP contribution in [0.15, 0.2) is 42.5 Å². The highest BCUT2D eigenvalue weighted by atomic mass is 35.5. The molecule has 32 heavy (non-hydrogen) atoms. The minimum Gasteiger partial charge on any atom is -0.484 e. The minimum atomic E-state index is -0.538. The zero-order valence-electron chi connectivity index (χ0n) is 18.2. The fourth-order valence-electron chi connectivity index (χ4n) is 5.95. The fourth-order valence-corrected chi connectivity index (χ4v) is 6.38. The van der Waals surface area contributed by atoms with E-state index < -0.39 is 5.91 Å². The first-order valence-corrected chi connectivity index (χ1v) is 11.8. The van der Waals surface area contributed by atoms with E-state index in [1.54, 1.807) is 6.07 Å². The van der Waals surface area contributed by atoms with Gasteiger partial charge in [0.15, 0.2) is 6.61 Å². The van der Waals surface area contributed by atoms with Gasteiger partial charge in [-0.05, 0) is 73.4 Å². The van der Waals surface area contributed by atoms with Gasteiger partial charge in [-0.15, -0.1) is 0 Å². The second-order valence-electron chi connectivity index (χ2n) is 8.96. The smallest absolute Gasteiger partial charge is 0.255 e. The third kappa shape index (κ3) is 3.97. The Labute approximate surface area is 198 Å². The van der Waals surface area contributed by atoms with Gasteiger partial charge >= 0.3 is 0 Å². The molecule has 3 N–H and O–H groups in total. The van der Waals surface area contributed by atoms with Crippen molar-refractivity contribution in [1.82, 2.24) is 5.32 Å². The Morgan fingerprint density at radius 1 is 1.22 bits per heavy atom. The van der Waals surface area contributed by atoms with Crippen molar-refractivity contribution < 1.29 is 14.3 Å². The van der Waals surface area contributed by atoms with E-state index in [2.05, 4.69) is 31.3 Å². The van der Waals surface area contributed by atoms with Crippen molar-refractivity contribution in [3.63, 3.8) is 0 Å². The predicted octanol–water partition coefficient (Wildman–Crippen LogP) is 5.05. The number of nitrogens with one attached hydrogen (secondary N) is 1. The van der Waals surface area contributed by atoms with Gasteiger partial charge in [0.25, 0.3) is 5.91 Å². The molecule has 5 nitrogen and oxygen atoms in total.